The third-order valence-corrected chi connectivity index (χ3v) is 6.45. The fraction of sp³-hybridized carbons (Fsp3) is 0.154. The van der Waals surface area contributed by atoms with E-state index < -0.39 is 52.8 Å². The molecule has 0 unspecified atom stereocenters. The summed E-state index contributed by atoms with van der Waals surface area (Å²) in [5.74, 6) is -3.44. The van der Waals surface area contributed by atoms with Gasteiger partial charge in [-0.15, -0.1) is 22.0 Å². The van der Waals surface area contributed by atoms with Crippen molar-refractivity contribution < 1.29 is 54.9 Å². The first kappa shape index (κ1) is 46.4. The number of ether oxygens (including phenoxy) is 3. The first-order chi connectivity index (χ1) is 28.7. The van der Waals surface area contributed by atoms with Crippen LogP contribution in [-0.4, -0.2) is 79.4 Å². The Balaban J connectivity index is 0.000000226. The normalized spacial score (nSPS) is 11.0. The minimum atomic E-state index is -0.710. The van der Waals surface area contributed by atoms with Gasteiger partial charge in [0, 0.05) is 76.9 Å². The van der Waals surface area contributed by atoms with Gasteiger partial charge in [0.1, 0.15) is 53.1 Å². The summed E-state index contributed by atoms with van der Waals surface area (Å²) in [6, 6.07) is 9.12. The minimum absolute atomic E-state index is 0.150. The van der Waals surface area contributed by atoms with Crippen molar-refractivity contribution in [2.45, 2.75) is 20.8 Å². The SMILES string of the molecule is C#CC(=O)OCC.CCOC(=O)/C=C/n1cnc(-c2cc(F)cc(F)c2)n1.CCOC(=O)/C=C\n1cnc(-c2cc(F)cc(F)c2)n1.Fc1cc(F)cc(C2=NN[C+]=N2)c1. The standard InChI is InChI=1S/2C13H11F2N3O2.C8H4F2N3.C5H6O2/c2*1-2-20-12(19)3-4-18-8-16-13(17-18)9-5-10(14)7-11(15)6-9;9-6-1-5(2-7(10)3-6)8-11-4-12-13-8;1-3-5(6)7-4-2/h2*3-8H,2H2,1H3;1-3H,(H,11,12,13);1H,4H2,2H3/q;;+1;/b4-3+;4-3-;;. The number of hydrazone groups is 1. The molecule has 1 N–H and O–H groups in total. The summed E-state index contributed by atoms with van der Waals surface area (Å²) in [6.45, 7) is 5.98. The van der Waals surface area contributed by atoms with Crippen LogP contribution in [0.1, 0.15) is 26.3 Å². The van der Waals surface area contributed by atoms with E-state index in [4.69, 9.17) is 9.47 Å². The molecule has 15 nitrogen and oxygen atoms in total. The monoisotopic (exact) mass is 836 g/mol. The highest BCUT2D eigenvalue weighted by atomic mass is 19.2. The molecule has 0 fully saturated rings. The fourth-order valence-electron chi connectivity index (χ4n) is 4.14. The zero-order valence-electron chi connectivity index (χ0n) is 31.7. The lowest BCUT2D eigenvalue weighted by Crippen LogP contribution is -2.00. The number of terminal acetylenes is 1. The summed E-state index contributed by atoms with van der Waals surface area (Å²) >= 11 is 0. The Labute approximate surface area is 337 Å². The zero-order valence-corrected chi connectivity index (χ0v) is 31.7. The van der Waals surface area contributed by atoms with Crippen LogP contribution in [-0.2, 0) is 28.6 Å². The molecule has 0 bridgehead atoms. The topological polar surface area (TPSA) is 177 Å². The molecule has 0 saturated carbocycles. The van der Waals surface area contributed by atoms with Crippen LogP contribution in [0.4, 0.5) is 26.3 Å². The molecule has 2 aromatic heterocycles. The van der Waals surface area contributed by atoms with Crippen molar-refractivity contribution in [2.24, 2.45) is 10.1 Å². The van der Waals surface area contributed by atoms with E-state index in [-0.39, 0.29) is 47.4 Å². The van der Waals surface area contributed by atoms with Crippen LogP contribution in [0.3, 0.4) is 0 Å². The van der Waals surface area contributed by atoms with E-state index in [9.17, 15) is 40.7 Å². The van der Waals surface area contributed by atoms with Gasteiger partial charge in [-0.25, -0.2) is 60.1 Å². The smallest absolute Gasteiger partial charge is 0.384 e. The van der Waals surface area contributed by atoms with Gasteiger partial charge in [0.05, 0.1) is 19.8 Å². The molecule has 6 rings (SSSR count). The van der Waals surface area contributed by atoms with Crippen LogP contribution >= 0.6 is 0 Å². The van der Waals surface area contributed by atoms with Crippen LogP contribution in [0.15, 0.2) is 89.5 Å². The third-order valence-electron chi connectivity index (χ3n) is 6.45. The molecule has 3 heterocycles. The molecule has 60 heavy (non-hydrogen) atoms. The average molecular weight is 837 g/mol. The van der Waals surface area contributed by atoms with Gasteiger partial charge >= 0.3 is 30.1 Å². The van der Waals surface area contributed by atoms with Crippen molar-refractivity contribution in [1.29, 1.82) is 0 Å². The first-order valence-corrected chi connectivity index (χ1v) is 17.1. The Kier molecular flexibility index (Phi) is 18.5. The molecule has 21 heteroatoms. The van der Waals surface area contributed by atoms with Crippen LogP contribution < -0.4 is 5.43 Å². The number of carbonyl (C=O) groups is 3. The Morgan fingerprint density at radius 2 is 1.03 bits per heavy atom. The molecular weight excluding hydrogens is 804 g/mol. The second kappa shape index (κ2) is 23.9. The van der Waals surface area contributed by atoms with Crippen molar-refractivity contribution in [3.63, 3.8) is 0 Å². The van der Waals surface area contributed by atoms with Crippen molar-refractivity contribution in [2.75, 3.05) is 19.8 Å². The molecule has 0 saturated heterocycles. The maximum atomic E-state index is 13.1. The number of esters is 3. The molecule has 1 aliphatic rings. The van der Waals surface area contributed by atoms with Crippen LogP contribution in [0.25, 0.3) is 35.2 Å². The quantitative estimate of drug-likeness (QED) is 0.0341. The maximum Gasteiger partial charge on any atom is 0.384 e. The Morgan fingerprint density at radius 1 is 0.650 bits per heavy atom. The third kappa shape index (κ3) is 16.2. The number of hydrogen-bond acceptors (Lipinski definition) is 13. The number of amidine groups is 1. The maximum absolute atomic E-state index is 13.1. The summed E-state index contributed by atoms with van der Waals surface area (Å²) in [7, 11) is 0. The first-order valence-electron chi connectivity index (χ1n) is 17.1. The predicted octanol–water partition coefficient (Wildman–Crippen LogP) is 5.83. The molecule has 0 amide bonds. The largest absolute Gasteiger partial charge is 0.463 e. The lowest BCUT2D eigenvalue weighted by molar-refractivity contribution is -0.138. The van der Waals surface area contributed by atoms with Gasteiger partial charge in [-0.3, -0.25) is 0 Å². The second-order valence-corrected chi connectivity index (χ2v) is 10.8. The number of rotatable bonds is 10. The number of hydrogen-bond donors (Lipinski definition) is 1. The van der Waals surface area contributed by atoms with Crippen LogP contribution in [0, 0.1) is 47.2 Å². The van der Waals surface area contributed by atoms with Gasteiger partial charge in [-0.2, -0.15) is 0 Å². The minimum Gasteiger partial charge on any atom is -0.463 e. The van der Waals surface area contributed by atoms with Crippen molar-refractivity contribution in [1.82, 2.24) is 35.0 Å². The van der Waals surface area contributed by atoms with Crippen molar-refractivity contribution in [3.8, 4) is 35.1 Å². The number of nitrogens with one attached hydrogen (secondary N) is 1. The summed E-state index contributed by atoms with van der Waals surface area (Å²) in [4.78, 5) is 43.6. The summed E-state index contributed by atoms with van der Waals surface area (Å²) in [5.41, 5.74) is 3.05. The number of carbonyl (C=O) groups excluding carboxylic acids is 3. The lowest BCUT2D eigenvalue weighted by Gasteiger charge is -1.96. The van der Waals surface area contributed by atoms with Gasteiger partial charge in [0.25, 0.3) is 0 Å². The van der Waals surface area contributed by atoms with E-state index in [1.165, 1.54) is 46.6 Å². The summed E-state index contributed by atoms with van der Waals surface area (Å²) < 4.78 is 93.9. The van der Waals surface area contributed by atoms with E-state index in [1.807, 2.05) is 0 Å². The fourth-order valence-corrected chi connectivity index (χ4v) is 4.14. The van der Waals surface area contributed by atoms with Gasteiger partial charge in [0.15, 0.2) is 11.6 Å². The van der Waals surface area contributed by atoms with Gasteiger partial charge in [0.2, 0.25) is 0 Å². The molecule has 3 aromatic carbocycles. The molecule has 0 spiro atoms. The lowest BCUT2D eigenvalue weighted by atomic mass is 10.2. The van der Waals surface area contributed by atoms with E-state index in [2.05, 4.69) is 53.2 Å². The van der Waals surface area contributed by atoms with Gasteiger partial charge < -0.3 is 14.2 Å². The highest BCUT2D eigenvalue weighted by molar-refractivity contribution is 6.05. The molecule has 1 aliphatic heterocycles. The Morgan fingerprint density at radius 3 is 1.35 bits per heavy atom. The molecule has 5 aromatic rings. The predicted molar refractivity (Wildman–Crippen MR) is 204 cm³/mol. The molecule has 0 radical (unpaired) electrons. The van der Waals surface area contributed by atoms with E-state index >= 15 is 0 Å². The van der Waals surface area contributed by atoms with E-state index in [1.54, 1.807) is 26.7 Å². The van der Waals surface area contributed by atoms with Crippen LogP contribution in [0.5, 0.6) is 0 Å². The summed E-state index contributed by atoms with van der Waals surface area (Å²) in [5, 5.41) is 11.6. The average Bonchev–Trinajstić information content (AvgIpc) is 4.00. The number of nitrogens with zero attached hydrogens (tertiary/aromatic N) is 8. The number of aliphatic imine (C=N–C) groups is 1. The van der Waals surface area contributed by atoms with E-state index in [0.29, 0.717) is 6.61 Å². The zero-order chi connectivity index (χ0) is 44.0. The Bertz CT molecular complexity index is 2250. The van der Waals surface area contributed by atoms with Crippen molar-refractivity contribution >= 4 is 42.5 Å². The molecular formula is C39H32F6N9O6+. The second-order valence-electron chi connectivity index (χ2n) is 10.8. The highest BCUT2D eigenvalue weighted by Crippen LogP contribution is 2.19. The number of halogens is 6. The highest BCUT2D eigenvalue weighted by Gasteiger charge is 2.19. The van der Waals surface area contributed by atoms with Gasteiger partial charge in [-0.1, -0.05) is 0 Å². The van der Waals surface area contributed by atoms with Crippen LogP contribution in [0.2, 0.25) is 0 Å². The number of aromatic nitrogens is 6. The van der Waals surface area contributed by atoms with Crippen molar-refractivity contribution in [3.05, 3.63) is 120 Å². The van der Waals surface area contributed by atoms with Gasteiger partial charge in [-0.05, 0) is 50.1 Å². The molecule has 310 valence electrons. The Hall–Kier alpha value is -7.98. The number of benzene rings is 3. The summed E-state index contributed by atoms with van der Waals surface area (Å²) in [6.07, 6.45) is 14.6. The molecule has 0 atom stereocenters. The molecule has 0 aliphatic carbocycles. The van der Waals surface area contributed by atoms with E-state index in [0.717, 1.165) is 54.6 Å².